The van der Waals surface area contributed by atoms with E-state index >= 15 is 0 Å². The number of pyridine rings is 1. The summed E-state index contributed by atoms with van der Waals surface area (Å²) >= 11 is 0. The van der Waals surface area contributed by atoms with Gasteiger partial charge in [-0.25, -0.2) is 0 Å². The lowest BCUT2D eigenvalue weighted by Crippen LogP contribution is -3.00. The Labute approximate surface area is 167 Å². The number of methoxy groups -OCH3 is 1. The lowest BCUT2D eigenvalue weighted by molar-refractivity contribution is -0.755. The van der Waals surface area contributed by atoms with Gasteiger partial charge in [0.2, 0.25) is 0 Å². The molecule has 0 unspecified atom stereocenters. The lowest BCUT2D eigenvalue weighted by atomic mass is 9.57. The summed E-state index contributed by atoms with van der Waals surface area (Å²) in [4.78, 5) is 0. The molecule has 4 nitrogen and oxygen atoms in total. The zero-order valence-electron chi connectivity index (χ0n) is 16.7. The molecule has 1 aromatic carbocycles. The summed E-state index contributed by atoms with van der Waals surface area (Å²) in [6, 6.07) is 12.9. The predicted molar refractivity (Wildman–Crippen MR) is 99.4 cm³/mol. The normalized spacial score (nSPS) is 23.1. The summed E-state index contributed by atoms with van der Waals surface area (Å²) in [5, 5.41) is 0. The van der Waals surface area contributed by atoms with E-state index in [1.165, 1.54) is 16.8 Å². The second-order valence-electron chi connectivity index (χ2n) is 7.62. The van der Waals surface area contributed by atoms with E-state index in [9.17, 15) is 0 Å². The maximum Gasteiger partial charge on any atom is 0.196 e. The molecule has 0 spiro atoms. The summed E-state index contributed by atoms with van der Waals surface area (Å²) in [5.74, 6) is 0.220. The van der Waals surface area contributed by atoms with Crippen molar-refractivity contribution in [1.82, 2.24) is 0 Å². The second kappa shape index (κ2) is 7.08. The highest BCUT2D eigenvalue weighted by Crippen LogP contribution is 2.62. The maximum absolute atomic E-state index is 6.46. The first-order valence-electron chi connectivity index (χ1n) is 9.47. The Morgan fingerprint density at radius 1 is 1.00 bits per heavy atom. The van der Waals surface area contributed by atoms with Crippen LogP contribution in [0.15, 0.2) is 42.6 Å². The van der Waals surface area contributed by atoms with E-state index in [-0.39, 0.29) is 29.8 Å². The summed E-state index contributed by atoms with van der Waals surface area (Å²) in [6.07, 6.45) is 2.18. The minimum Gasteiger partial charge on any atom is -1.00 e. The van der Waals surface area contributed by atoms with Crippen molar-refractivity contribution in [3.05, 3.63) is 59.4 Å². The van der Waals surface area contributed by atoms with Gasteiger partial charge in [0, 0.05) is 30.9 Å². The van der Waals surface area contributed by atoms with Gasteiger partial charge in [-0.2, -0.15) is 4.57 Å². The highest BCUT2D eigenvalue weighted by Gasteiger charge is 2.70. The van der Waals surface area contributed by atoms with Gasteiger partial charge in [-0.1, -0.05) is 12.1 Å². The number of benzene rings is 1. The number of hydrogen-bond acceptors (Lipinski definition) is 3. The molecule has 2 aliphatic heterocycles. The van der Waals surface area contributed by atoms with Crippen molar-refractivity contribution < 1.29 is 31.2 Å². The zero-order chi connectivity index (χ0) is 18.5. The number of fused-ring (bicyclic) bond motifs is 1. The third kappa shape index (κ3) is 2.54. The van der Waals surface area contributed by atoms with E-state index in [4.69, 9.17) is 14.2 Å². The van der Waals surface area contributed by atoms with E-state index < -0.39 is 5.79 Å². The van der Waals surface area contributed by atoms with Crippen molar-refractivity contribution in [1.29, 1.82) is 0 Å². The van der Waals surface area contributed by atoms with Gasteiger partial charge in [-0.05, 0) is 45.4 Å². The van der Waals surface area contributed by atoms with Crippen molar-refractivity contribution >= 4 is 0 Å². The molecule has 27 heavy (non-hydrogen) atoms. The van der Waals surface area contributed by atoms with Gasteiger partial charge in [0.1, 0.15) is 11.7 Å². The Bertz CT molecular complexity index is 830. The van der Waals surface area contributed by atoms with Crippen LogP contribution in [0, 0.1) is 5.41 Å². The second-order valence-corrected chi connectivity index (χ2v) is 7.62. The molecule has 2 bridgehead atoms. The third-order valence-electron chi connectivity index (χ3n) is 6.08. The summed E-state index contributed by atoms with van der Waals surface area (Å²) < 4.78 is 20.8. The molecule has 0 radical (unpaired) electrons. The molecule has 0 fully saturated rings. The molecule has 2 aromatic rings. The molecule has 0 N–H and O–H groups in total. The number of ether oxygens (including phenoxy) is 3. The van der Waals surface area contributed by atoms with Gasteiger partial charge in [0.05, 0.1) is 12.5 Å². The third-order valence-corrected chi connectivity index (χ3v) is 6.08. The molecule has 0 saturated heterocycles. The number of hydrogen-bond donors (Lipinski definition) is 0. The minimum atomic E-state index is -0.690. The number of aromatic nitrogens is 1. The average molecular weight is 390 g/mol. The van der Waals surface area contributed by atoms with Crippen LogP contribution >= 0.6 is 0 Å². The largest absolute Gasteiger partial charge is 1.00 e. The molecule has 3 aliphatic rings. The highest BCUT2D eigenvalue weighted by molar-refractivity contribution is 5.49. The molecular weight excluding hydrogens is 362 g/mol. The molecule has 0 amide bonds. The first-order chi connectivity index (χ1) is 12.5. The number of nitrogens with zero attached hydrogens (tertiary/aromatic N) is 1. The minimum absolute atomic E-state index is 0. The van der Waals surface area contributed by atoms with Crippen molar-refractivity contribution in [2.24, 2.45) is 5.41 Å². The fraction of sp³-hybridized carbons (Fsp3) is 0.500. The lowest BCUT2D eigenvalue weighted by Gasteiger charge is -2.57. The topological polar surface area (TPSA) is 31.6 Å². The van der Waals surface area contributed by atoms with Crippen LogP contribution in [0.2, 0.25) is 0 Å². The predicted octanol–water partition coefficient (Wildman–Crippen LogP) is 0.831. The van der Waals surface area contributed by atoms with Crippen molar-refractivity contribution in [3.8, 4) is 5.75 Å². The van der Waals surface area contributed by atoms with Crippen LogP contribution in [-0.4, -0.2) is 26.1 Å². The van der Waals surface area contributed by atoms with Crippen LogP contribution in [0.5, 0.6) is 5.75 Å². The van der Waals surface area contributed by atoms with Crippen molar-refractivity contribution in [3.63, 3.8) is 0 Å². The monoisotopic (exact) mass is 389 g/mol. The standard InChI is InChI=1S/C22H28NO3.ClH/c1-6-25-22(26-7-2)19-16-12-11-15(24-5)14-17(16)20(21(22,3)4)23-13-9-8-10-18(19)23;/h8-14,19-20H,6-7H2,1-5H3;1H/q+1;/p-1/t19-,20-;/m0./s1. The number of halogens is 1. The van der Waals surface area contributed by atoms with Gasteiger partial charge in [0.15, 0.2) is 23.7 Å². The molecule has 1 aromatic heterocycles. The fourth-order valence-corrected chi connectivity index (χ4v) is 5.15. The number of rotatable bonds is 5. The van der Waals surface area contributed by atoms with E-state index in [2.05, 4.69) is 54.9 Å². The Hall–Kier alpha value is -1.62. The first-order valence-corrected chi connectivity index (χ1v) is 9.47. The average Bonchev–Trinajstić information content (AvgIpc) is 2.64. The smallest absolute Gasteiger partial charge is 0.196 e. The van der Waals surface area contributed by atoms with Crippen LogP contribution < -0.4 is 21.7 Å². The van der Waals surface area contributed by atoms with E-state index in [0.717, 1.165) is 5.75 Å². The zero-order valence-corrected chi connectivity index (χ0v) is 17.4. The van der Waals surface area contributed by atoms with E-state index in [1.807, 2.05) is 19.9 Å². The molecular formula is C22H28ClNO3. The van der Waals surface area contributed by atoms with Crippen LogP contribution in [0.3, 0.4) is 0 Å². The van der Waals surface area contributed by atoms with Gasteiger partial charge in [0.25, 0.3) is 0 Å². The molecule has 0 saturated carbocycles. The summed E-state index contributed by atoms with van der Waals surface area (Å²) in [7, 11) is 1.72. The van der Waals surface area contributed by atoms with E-state index in [0.29, 0.717) is 13.2 Å². The Kier molecular flexibility index (Phi) is 5.28. The quantitative estimate of drug-likeness (QED) is 0.561. The van der Waals surface area contributed by atoms with Crippen molar-refractivity contribution in [2.75, 3.05) is 20.3 Å². The van der Waals surface area contributed by atoms with Gasteiger partial charge in [-0.3, -0.25) is 0 Å². The first kappa shape index (κ1) is 20.1. The Morgan fingerprint density at radius 3 is 2.33 bits per heavy atom. The van der Waals surface area contributed by atoms with Crippen LogP contribution in [0.1, 0.15) is 56.5 Å². The summed E-state index contributed by atoms with van der Waals surface area (Å²) in [6.45, 7) is 9.86. The van der Waals surface area contributed by atoms with Gasteiger partial charge >= 0.3 is 0 Å². The molecule has 3 heterocycles. The van der Waals surface area contributed by atoms with Crippen LogP contribution in [-0.2, 0) is 9.47 Å². The van der Waals surface area contributed by atoms with Crippen LogP contribution in [0.25, 0.3) is 0 Å². The van der Waals surface area contributed by atoms with Gasteiger partial charge < -0.3 is 26.6 Å². The fourth-order valence-electron chi connectivity index (χ4n) is 5.15. The molecule has 1 aliphatic carbocycles. The Morgan fingerprint density at radius 2 is 1.70 bits per heavy atom. The molecule has 5 heteroatoms. The molecule has 5 rings (SSSR count). The van der Waals surface area contributed by atoms with Crippen molar-refractivity contribution in [2.45, 2.75) is 45.4 Å². The molecule has 146 valence electrons. The van der Waals surface area contributed by atoms with Gasteiger partial charge in [-0.15, -0.1) is 0 Å². The maximum atomic E-state index is 6.46. The molecule has 2 atom stereocenters. The highest BCUT2D eigenvalue weighted by atomic mass is 35.5. The SMILES string of the molecule is CCOC1(OCC)[C@H]2c3ccc(OC)cc3[C@H]([n+]3ccccc32)C1(C)C.[Cl-]. The Balaban J connectivity index is 0.00000210. The van der Waals surface area contributed by atoms with Crippen LogP contribution in [0.4, 0.5) is 0 Å². The summed E-state index contributed by atoms with van der Waals surface area (Å²) in [5.41, 5.74) is 3.58. The van der Waals surface area contributed by atoms with E-state index in [1.54, 1.807) is 7.11 Å².